The Labute approximate surface area is 115 Å². The molecule has 0 radical (unpaired) electrons. The fourth-order valence-electron chi connectivity index (χ4n) is 1.39. The molecule has 19 heavy (non-hydrogen) atoms. The second-order valence-electron chi connectivity index (χ2n) is 3.68. The molecule has 0 saturated carbocycles. The monoisotopic (exact) mass is 299 g/mol. The molecule has 2 aromatic heterocycles. The van der Waals surface area contributed by atoms with Crippen LogP contribution in [-0.2, 0) is 16.6 Å². The molecule has 2 rings (SSSR count). The van der Waals surface area contributed by atoms with Crippen LogP contribution in [0.1, 0.15) is 5.76 Å². The van der Waals surface area contributed by atoms with E-state index < -0.39 is 10.0 Å². The highest BCUT2D eigenvalue weighted by Crippen LogP contribution is 2.26. The van der Waals surface area contributed by atoms with Crippen LogP contribution in [0.2, 0.25) is 0 Å². The van der Waals surface area contributed by atoms with Gasteiger partial charge in [-0.25, -0.2) is 13.4 Å². The van der Waals surface area contributed by atoms with Crippen LogP contribution in [0.25, 0.3) is 11.5 Å². The highest BCUT2D eigenvalue weighted by molar-refractivity contribution is 7.93. The summed E-state index contributed by atoms with van der Waals surface area (Å²) < 4.78 is 30.9. The number of nitrogens with two attached hydrogens (primary N) is 1. The molecule has 0 amide bonds. The fourth-order valence-corrected chi connectivity index (χ4v) is 3.21. The number of thiazole rings is 1. The highest BCUT2D eigenvalue weighted by atomic mass is 32.2. The Bertz CT molecular complexity index is 673. The van der Waals surface area contributed by atoms with E-state index in [4.69, 9.17) is 10.2 Å². The van der Waals surface area contributed by atoms with Crippen molar-refractivity contribution >= 4 is 26.5 Å². The van der Waals surface area contributed by atoms with Gasteiger partial charge in [-0.05, 0) is 12.1 Å². The van der Waals surface area contributed by atoms with E-state index in [0.717, 1.165) is 0 Å². The van der Waals surface area contributed by atoms with Gasteiger partial charge in [0.1, 0.15) is 11.5 Å². The summed E-state index contributed by atoms with van der Waals surface area (Å²) in [4.78, 5) is 4.15. The number of aromatic nitrogens is 1. The molecule has 0 aliphatic carbocycles. The fraction of sp³-hybridized carbons (Fsp3) is 0.182. The Morgan fingerprint density at radius 1 is 1.53 bits per heavy atom. The van der Waals surface area contributed by atoms with E-state index in [1.165, 1.54) is 17.4 Å². The van der Waals surface area contributed by atoms with Gasteiger partial charge in [0, 0.05) is 5.38 Å². The molecule has 3 N–H and O–H groups in total. The summed E-state index contributed by atoms with van der Waals surface area (Å²) in [5, 5.41) is 2.01. The van der Waals surface area contributed by atoms with Crippen molar-refractivity contribution in [3.63, 3.8) is 0 Å². The van der Waals surface area contributed by atoms with Crippen molar-refractivity contribution in [3.05, 3.63) is 35.9 Å². The number of rotatable bonds is 6. The average molecular weight is 299 g/mol. The lowest BCUT2D eigenvalue weighted by Gasteiger charge is -2.00. The van der Waals surface area contributed by atoms with Crippen LogP contribution in [0, 0.1) is 0 Å². The van der Waals surface area contributed by atoms with Crippen molar-refractivity contribution in [1.29, 1.82) is 0 Å². The summed E-state index contributed by atoms with van der Waals surface area (Å²) in [6.07, 6.45) is 1.32. The van der Waals surface area contributed by atoms with Gasteiger partial charge in [-0.3, -0.25) is 4.72 Å². The van der Waals surface area contributed by atoms with Crippen molar-refractivity contribution in [2.24, 2.45) is 5.73 Å². The van der Waals surface area contributed by atoms with Gasteiger partial charge in [-0.2, -0.15) is 0 Å². The van der Waals surface area contributed by atoms with E-state index in [-0.39, 0.29) is 5.75 Å². The largest absolute Gasteiger partial charge is 0.458 e. The van der Waals surface area contributed by atoms with Gasteiger partial charge in [0.15, 0.2) is 10.9 Å². The van der Waals surface area contributed by atoms with Gasteiger partial charge in [0.25, 0.3) is 0 Å². The van der Waals surface area contributed by atoms with Gasteiger partial charge in [-0.15, -0.1) is 17.9 Å². The maximum Gasteiger partial charge on any atom is 0.238 e. The first kappa shape index (κ1) is 13.8. The third kappa shape index (κ3) is 3.43. The Hall–Kier alpha value is -1.64. The number of anilines is 1. The maximum absolute atomic E-state index is 11.5. The summed E-state index contributed by atoms with van der Waals surface area (Å²) in [6.45, 7) is 3.70. The molecule has 2 heterocycles. The van der Waals surface area contributed by atoms with E-state index in [1.807, 2.05) is 0 Å². The first-order valence-corrected chi connectivity index (χ1v) is 7.93. The van der Waals surface area contributed by atoms with Gasteiger partial charge in [0.2, 0.25) is 10.0 Å². The van der Waals surface area contributed by atoms with Crippen LogP contribution in [-0.4, -0.2) is 19.2 Å². The molecule has 0 bridgehead atoms. The molecule has 0 fully saturated rings. The number of nitrogens with one attached hydrogen (secondary N) is 1. The zero-order valence-electron chi connectivity index (χ0n) is 10.00. The molecular weight excluding hydrogens is 286 g/mol. The first-order chi connectivity index (χ1) is 9.04. The van der Waals surface area contributed by atoms with E-state index in [2.05, 4.69) is 16.3 Å². The number of hydrogen-bond donors (Lipinski definition) is 2. The quantitative estimate of drug-likeness (QED) is 0.792. The van der Waals surface area contributed by atoms with Gasteiger partial charge in [-0.1, -0.05) is 6.08 Å². The zero-order valence-corrected chi connectivity index (χ0v) is 11.6. The Morgan fingerprint density at radius 2 is 2.32 bits per heavy atom. The summed E-state index contributed by atoms with van der Waals surface area (Å²) in [5.74, 6) is 1.06. The van der Waals surface area contributed by atoms with Crippen molar-refractivity contribution in [2.45, 2.75) is 6.54 Å². The second-order valence-corrected chi connectivity index (χ2v) is 6.31. The summed E-state index contributed by atoms with van der Waals surface area (Å²) >= 11 is 1.19. The molecule has 102 valence electrons. The Morgan fingerprint density at radius 3 is 2.95 bits per heavy atom. The number of hydrogen-bond acceptors (Lipinski definition) is 6. The smallest absolute Gasteiger partial charge is 0.238 e. The molecule has 8 heteroatoms. The molecule has 6 nitrogen and oxygen atoms in total. The molecule has 0 atom stereocenters. The number of nitrogens with zero attached hydrogens (tertiary/aromatic N) is 1. The van der Waals surface area contributed by atoms with Crippen molar-refractivity contribution in [2.75, 3.05) is 10.5 Å². The molecule has 0 unspecified atom stereocenters. The van der Waals surface area contributed by atoms with Crippen molar-refractivity contribution in [1.82, 2.24) is 4.98 Å². The Kier molecular flexibility index (Phi) is 4.03. The second kappa shape index (κ2) is 5.55. The average Bonchev–Trinajstić information content (AvgIpc) is 2.96. The third-order valence-electron chi connectivity index (χ3n) is 2.20. The van der Waals surface area contributed by atoms with E-state index in [0.29, 0.717) is 28.9 Å². The van der Waals surface area contributed by atoms with Crippen LogP contribution in [0.3, 0.4) is 0 Å². The lowest BCUT2D eigenvalue weighted by molar-refractivity contribution is 0.524. The summed E-state index contributed by atoms with van der Waals surface area (Å²) in [7, 11) is -3.42. The lowest BCUT2D eigenvalue weighted by atomic mass is 10.3. The van der Waals surface area contributed by atoms with E-state index in [9.17, 15) is 8.42 Å². The predicted molar refractivity (Wildman–Crippen MR) is 75.3 cm³/mol. The highest BCUT2D eigenvalue weighted by Gasteiger charge is 2.13. The summed E-state index contributed by atoms with van der Waals surface area (Å²) in [6, 6.07) is 3.51. The molecule has 0 aromatic carbocycles. The van der Waals surface area contributed by atoms with Gasteiger partial charge >= 0.3 is 0 Å². The molecule has 0 saturated heterocycles. The van der Waals surface area contributed by atoms with Gasteiger partial charge in [0.05, 0.1) is 12.3 Å². The predicted octanol–water partition coefficient (Wildman–Crippen LogP) is 1.79. The zero-order chi connectivity index (χ0) is 13.9. The van der Waals surface area contributed by atoms with Crippen LogP contribution >= 0.6 is 11.3 Å². The minimum Gasteiger partial charge on any atom is -0.458 e. The minimum absolute atomic E-state index is 0.153. The first-order valence-electron chi connectivity index (χ1n) is 5.40. The summed E-state index contributed by atoms with van der Waals surface area (Å²) in [5.41, 5.74) is 6.02. The topological polar surface area (TPSA) is 98.2 Å². The van der Waals surface area contributed by atoms with E-state index >= 15 is 0 Å². The number of furan rings is 1. The molecular formula is C11H13N3O3S2. The molecule has 0 spiro atoms. The van der Waals surface area contributed by atoms with E-state index in [1.54, 1.807) is 17.5 Å². The van der Waals surface area contributed by atoms with Crippen LogP contribution in [0.15, 0.2) is 34.6 Å². The molecule has 0 aliphatic heterocycles. The minimum atomic E-state index is -3.42. The maximum atomic E-state index is 11.5. The van der Waals surface area contributed by atoms with Crippen molar-refractivity contribution < 1.29 is 12.8 Å². The SMILES string of the molecule is C=CCS(=O)(=O)Nc1nc(-c2ccc(CN)o2)cs1. The van der Waals surface area contributed by atoms with Crippen LogP contribution in [0.5, 0.6) is 0 Å². The van der Waals surface area contributed by atoms with Crippen molar-refractivity contribution in [3.8, 4) is 11.5 Å². The number of sulfonamides is 1. The van der Waals surface area contributed by atoms with Crippen LogP contribution in [0.4, 0.5) is 5.13 Å². The lowest BCUT2D eigenvalue weighted by Crippen LogP contribution is -2.14. The van der Waals surface area contributed by atoms with Gasteiger partial charge < -0.3 is 10.2 Å². The molecule has 0 aliphatic rings. The van der Waals surface area contributed by atoms with Crippen LogP contribution < -0.4 is 10.5 Å². The normalized spacial score (nSPS) is 11.4. The Balaban J connectivity index is 2.17. The third-order valence-corrected chi connectivity index (χ3v) is 4.27. The molecule has 2 aromatic rings. The standard InChI is InChI=1S/C11H13N3O3S2/c1-2-5-19(15,16)14-11-13-9(7-18-11)10-4-3-8(6-12)17-10/h2-4,7H,1,5-6,12H2,(H,13,14).